The largest absolute Gasteiger partial charge is 0.466 e. The first-order chi connectivity index (χ1) is 7.63. The minimum atomic E-state index is -0.439. The molecule has 0 N–H and O–H groups in total. The summed E-state index contributed by atoms with van der Waals surface area (Å²) in [6.07, 6.45) is 1.90. The lowest BCUT2D eigenvalue weighted by atomic mass is 10.1. The Morgan fingerprint density at radius 2 is 2.25 bits per heavy atom. The number of carbonyl (C=O) groups excluding carboxylic acids is 1. The van der Waals surface area contributed by atoms with Gasteiger partial charge in [0, 0.05) is 23.6 Å². The van der Waals surface area contributed by atoms with E-state index < -0.39 is 10.9 Å². The number of rotatable bonds is 2. The van der Waals surface area contributed by atoms with Crippen molar-refractivity contribution in [2.75, 3.05) is 7.11 Å². The molecule has 1 aliphatic rings. The summed E-state index contributed by atoms with van der Waals surface area (Å²) >= 11 is 0. The van der Waals surface area contributed by atoms with Gasteiger partial charge >= 0.3 is 5.97 Å². The van der Waals surface area contributed by atoms with Crippen LogP contribution in [0.15, 0.2) is 23.8 Å². The molecule has 0 unspecified atom stereocenters. The van der Waals surface area contributed by atoms with Crippen LogP contribution < -0.4 is 0 Å². The highest BCUT2D eigenvalue weighted by molar-refractivity contribution is 5.97. The number of carbonyl (C=O) groups is 1. The van der Waals surface area contributed by atoms with E-state index in [0.29, 0.717) is 11.1 Å². The number of benzene rings is 1. The van der Waals surface area contributed by atoms with Crippen LogP contribution in [-0.4, -0.2) is 18.0 Å². The smallest absolute Gasteiger partial charge is 0.334 e. The first kappa shape index (κ1) is 10.4. The topological polar surface area (TPSA) is 69.4 Å². The minimum Gasteiger partial charge on any atom is -0.466 e. The molecule has 0 atom stereocenters. The lowest BCUT2D eigenvalue weighted by Gasteiger charge is -2.00. The highest BCUT2D eigenvalue weighted by atomic mass is 16.6. The second kappa shape index (κ2) is 3.77. The summed E-state index contributed by atoms with van der Waals surface area (Å²) in [5.41, 5.74) is 1.79. The molecule has 5 heteroatoms. The molecule has 1 aromatic rings. The number of esters is 1. The summed E-state index contributed by atoms with van der Waals surface area (Å²) in [5.74, 6) is -0.439. The predicted octanol–water partition coefficient (Wildman–Crippen LogP) is 1.71. The molecular weight excluding hydrogens is 210 g/mol. The van der Waals surface area contributed by atoms with Crippen LogP contribution in [0.2, 0.25) is 0 Å². The Hall–Kier alpha value is -2.17. The molecule has 0 fully saturated rings. The van der Waals surface area contributed by atoms with Crippen LogP contribution in [0.5, 0.6) is 0 Å². The fourth-order valence-electron chi connectivity index (χ4n) is 1.78. The lowest BCUT2D eigenvalue weighted by molar-refractivity contribution is -0.385. The van der Waals surface area contributed by atoms with Gasteiger partial charge in [-0.15, -0.1) is 0 Å². The molecule has 0 saturated carbocycles. The van der Waals surface area contributed by atoms with Gasteiger partial charge in [0.25, 0.3) is 5.69 Å². The molecule has 1 aromatic carbocycles. The quantitative estimate of drug-likeness (QED) is 0.431. The molecule has 0 spiro atoms. The van der Waals surface area contributed by atoms with Crippen LogP contribution in [0.4, 0.5) is 5.69 Å². The molecular formula is C11H9NO4. The van der Waals surface area contributed by atoms with Crippen LogP contribution in [0.3, 0.4) is 0 Å². The summed E-state index contributed by atoms with van der Waals surface area (Å²) in [6.45, 7) is 0. The van der Waals surface area contributed by atoms with Gasteiger partial charge < -0.3 is 4.74 Å². The summed E-state index contributed by atoms with van der Waals surface area (Å²) < 4.78 is 4.59. The Morgan fingerprint density at radius 1 is 1.50 bits per heavy atom. The Morgan fingerprint density at radius 3 is 2.88 bits per heavy atom. The maximum Gasteiger partial charge on any atom is 0.334 e. The molecule has 16 heavy (non-hydrogen) atoms. The average molecular weight is 219 g/mol. The number of nitrogens with zero attached hydrogens (tertiary/aromatic N) is 1. The van der Waals surface area contributed by atoms with E-state index in [1.807, 2.05) is 0 Å². The van der Waals surface area contributed by atoms with E-state index in [-0.39, 0.29) is 12.1 Å². The number of fused-ring (bicyclic) bond motifs is 1. The fourth-order valence-corrected chi connectivity index (χ4v) is 1.78. The third-order valence-electron chi connectivity index (χ3n) is 2.53. The van der Waals surface area contributed by atoms with Crippen molar-refractivity contribution in [3.05, 3.63) is 45.0 Å². The van der Waals surface area contributed by atoms with Crippen molar-refractivity contribution < 1.29 is 14.5 Å². The predicted molar refractivity (Wildman–Crippen MR) is 56.8 cm³/mol. The first-order valence-electron chi connectivity index (χ1n) is 4.68. The average Bonchev–Trinajstić information content (AvgIpc) is 2.70. The van der Waals surface area contributed by atoms with Crippen LogP contribution in [0.1, 0.15) is 11.1 Å². The second-order valence-corrected chi connectivity index (χ2v) is 3.44. The number of hydrogen-bond donors (Lipinski definition) is 0. The van der Waals surface area contributed by atoms with Gasteiger partial charge in [-0.3, -0.25) is 10.1 Å². The molecule has 0 heterocycles. The molecule has 1 aliphatic carbocycles. The zero-order chi connectivity index (χ0) is 11.7. The zero-order valence-corrected chi connectivity index (χ0v) is 8.60. The van der Waals surface area contributed by atoms with E-state index >= 15 is 0 Å². The van der Waals surface area contributed by atoms with Gasteiger partial charge in [-0.2, -0.15) is 0 Å². The van der Waals surface area contributed by atoms with Crippen molar-refractivity contribution in [2.24, 2.45) is 0 Å². The Kier molecular flexibility index (Phi) is 2.44. The molecule has 0 aromatic heterocycles. The van der Waals surface area contributed by atoms with Gasteiger partial charge in [0.05, 0.1) is 12.0 Å². The highest BCUT2D eigenvalue weighted by Gasteiger charge is 2.25. The van der Waals surface area contributed by atoms with E-state index in [0.717, 1.165) is 5.56 Å². The molecule has 0 radical (unpaired) electrons. The van der Waals surface area contributed by atoms with Gasteiger partial charge in [-0.25, -0.2) is 4.79 Å². The Labute approximate surface area is 91.5 Å². The summed E-state index contributed by atoms with van der Waals surface area (Å²) in [6, 6.07) is 4.79. The highest BCUT2D eigenvalue weighted by Crippen LogP contribution is 2.32. The number of ether oxygens (including phenoxy) is 1. The third kappa shape index (κ3) is 1.56. The van der Waals surface area contributed by atoms with Crippen molar-refractivity contribution in [1.82, 2.24) is 0 Å². The number of nitro benzene ring substituents is 1. The first-order valence-corrected chi connectivity index (χ1v) is 4.68. The second-order valence-electron chi connectivity index (χ2n) is 3.44. The van der Waals surface area contributed by atoms with Crippen LogP contribution >= 0.6 is 0 Å². The minimum absolute atomic E-state index is 0.0488. The number of hydrogen-bond acceptors (Lipinski definition) is 4. The number of methoxy groups -OCH3 is 1. The van der Waals surface area contributed by atoms with Crippen LogP contribution in [0, 0.1) is 10.1 Å². The van der Waals surface area contributed by atoms with Gasteiger partial charge in [0.15, 0.2) is 0 Å². The molecule has 5 nitrogen and oxygen atoms in total. The molecule has 0 amide bonds. The van der Waals surface area contributed by atoms with Crippen molar-refractivity contribution in [3.8, 4) is 0 Å². The lowest BCUT2D eigenvalue weighted by Crippen LogP contribution is -2.04. The molecule has 0 aliphatic heterocycles. The van der Waals surface area contributed by atoms with E-state index in [9.17, 15) is 14.9 Å². The van der Waals surface area contributed by atoms with Crippen molar-refractivity contribution in [3.63, 3.8) is 0 Å². The van der Waals surface area contributed by atoms with E-state index in [2.05, 4.69) is 4.74 Å². The van der Waals surface area contributed by atoms with Gasteiger partial charge in [-0.05, 0) is 11.6 Å². The van der Waals surface area contributed by atoms with Crippen LogP contribution in [-0.2, 0) is 16.0 Å². The summed E-state index contributed by atoms with van der Waals surface area (Å²) in [5, 5.41) is 10.8. The number of nitro groups is 1. The Bertz CT molecular complexity index is 505. The molecule has 82 valence electrons. The molecule has 2 rings (SSSR count). The SMILES string of the molecule is COC(=O)C1=Cc2cccc([N+](=O)[O-])c2C1. The maximum atomic E-state index is 11.3. The third-order valence-corrected chi connectivity index (χ3v) is 2.53. The van der Waals surface area contributed by atoms with Crippen molar-refractivity contribution >= 4 is 17.7 Å². The van der Waals surface area contributed by atoms with Crippen molar-refractivity contribution in [1.29, 1.82) is 0 Å². The van der Waals surface area contributed by atoms with Gasteiger partial charge in [-0.1, -0.05) is 12.1 Å². The maximum absolute atomic E-state index is 11.3. The van der Waals surface area contributed by atoms with E-state index in [1.54, 1.807) is 18.2 Å². The summed E-state index contributed by atoms with van der Waals surface area (Å²) in [4.78, 5) is 21.6. The monoisotopic (exact) mass is 219 g/mol. The van der Waals surface area contributed by atoms with E-state index in [1.165, 1.54) is 13.2 Å². The van der Waals surface area contributed by atoms with E-state index in [4.69, 9.17) is 0 Å². The normalized spacial score (nSPS) is 12.9. The zero-order valence-electron chi connectivity index (χ0n) is 8.60. The van der Waals surface area contributed by atoms with Gasteiger partial charge in [0.1, 0.15) is 0 Å². The fraction of sp³-hybridized carbons (Fsp3) is 0.182. The Balaban J connectivity index is 2.41. The van der Waals surface area contributed by atoms with Gasteiger partial charge in [0.2, 0.25) is 0 Å². The molecule has 0 saturated heterocycles. The standard InChI is InChI=1S/C11H9NO4/c1-16-11(13)8-5-7-3-2-4-10(12(14)15)9(7)6-8/h2-5H,6H2,1H3. The molecule has 0 bridgehead atoms. The summed E-state index contributed by atoms with van der Waals surface area (Å²) in [7, 11) is 1.29. The van der Waals surface area contributed by atoms with Crippen LogP contribution in [0.25, 0.3) is 6.08 Å². The van der Waals surface area contributed by atoms with Crippen molar-refractivity contribution in [2.45, 2.75) is 6.42 Å².